The van der Waals surface area contributed by atoms with Crippen molar-refractivity contribution in [2.24, 2.45) is 0 Å². The highest BCUT2D eigenvalue weighted by Crippen LogP contribution is 2.38. The molecule has 0 aliphatic carbocycles. The van der Waals surface area contributed by atoms with Crippen LogP contribution in [0.2, 0.25) is 5.02 Å². The highest BCUT2D eigenvalue weighted by atomic mass is 35.5. The first-order valence-electron chi connectivity index (χ1n) is 7.57. The normalized spacial score (nSPS) is 10.9. The van der Waals surface area contributed by atoms with Crippen LogP contribution in [0.15, 0.2) is 48.5 Å². The summed E-state index contributed by atoms with van der Waals surface area (Å²) in [4.78, 5) is 0. The molecule has 128 valence electrons. The first-order valence-corrected chi connectivity index (χ1v) is 8.36. The number of hydrogen-bond donors (Lipinski definition) is 0. The Morgan fingerprint density at radius 3 is 2.20 bits per heavy atom. The van der Waals surface area contributed by atoms with Gasteiger partial charge in [0.1, 0.15) is 22.1 Å². The van der Waals surface area contributed by atoms with Crippen LogP contribution in [0.1, 0.15) is 6.92 Å². The van der Waals surface area contributed by atoms with Gasteiger partial charge in [0.2, 0.25) is 0 Å². The minimum absolute atomic E-state index is 0.234. The Labute approximate surface area is 153 Å². The fraction of sp³-hybridized carbons (Fsp3) is 0.105. The number of pyridine rings is 1. The Hall–Kier alpha value is -2.11. The van der Waals surface area contributed by atoms with Crippen molar-refractivity contribution in [3.8, 4) is 22.4 Å². The van der Waals surface area contributed by atoms with Crippen molar-refractivity contribution in [3.05, 3.63) is 75.6 Å². The van der Waals surface area contributed by atoms with E-state index in [1.807, 2.05) is 6.92 Å². The van der Waals surface area contributed by atoms with Gasteiger partial charge < -0.3 is 4.57 Å². The summed E-state index contributed by atoms with van der Waals surface area (Å²) >= 11 is 11.6. The molecule has 0 radical (unpaired) electrons. The zero-order valence-electron chi connectivity index (χ0n) is 13.2. The number of aromatic nitrogens is 1. The Morgan fingerprint density at radius 1 is 0.960 bits per heavy atom. The molecule has 1 heterocycles. The topological polar surface area (TPSA) is 4.93 Å². The van der Waals surface area contributed by atoms with E-state index in [1.54, 1.807) is 41.0 Å². The number of benzene rings is 2. The first-order chi connectivity index (χ1) is 11.9. The summed E-state index contributed by atoms with van der Waals surface area (Å²) in [6.07, 6.45) is 0. The highest BCUT2D eigenvalue weighted by molar-refractivity contribution is 7.71. The van der Waals surface area contributed by atoms with E-state index in [0.29, 0.717) is 39.5 Å². The molecule has 0 saturated heterocycles. The molecule has 1 aromatic heterocycles. The maximum atomic E-state index is 14.5. The molecule has 0 N–H and O–H groups in total. The molecule has 0 aliphatic heterocycles. The van der Waals surface area contributed by atoms with E-state index in [-0.39, 0.29) is 11.3 Å². The van der Waals surface area contributed by atoms with Gasteiger partial charge in [-0.3, -0.25) is 0 Å². The summed E-state index contributed by atoms with van der Waals surface area (Å²) in [5.74, 6) is -2.96. The Kier molecular flexibility index (Phi) is 4.97. The summed E-state index contributed by atoms with van der Waals surface area (Å²) in [5.41, 5.74) is 1.04. The third-order valence-corrected chi connectivity index (χ3v) is 4.59. The van der Waals surface area contributed by atoms with Gasteiger partial charge in [0, 0.05) is 34.8 Å². The molecule has 0 aliphatic rings. The van der Waals surface area contributed by atoms with Gasteiger partial charge in [0.15, 0.2) is 0 Å². The molecule has 0 amide bonds. The third-order valence-electron chi connectivity index (χ3n) is 3.91. The summed E-state index contributed by atoms with van der Waals surface area (Å²) in [7, 11) is 0. The molecule has 0 saturated carbocycles. The third kappa shape index (κ3) is 3.22. The molecule has 0 spiro atoms. The van der Waals surface area contributed by atoms with Crippen molar-refractivity contribution in [2.45, 2.75) is 13.5 Å². The second-order valence-electron chi connectivity index (χ2n) is 5.40. The van der Waals surface area contributed by atoms with Gasteiger partial charge in [0.05, 0.1) is 11.3 Å². The smallest absolute Gasteiger partial charge is 0.138 e. The van der Waals surface area contributed by atoms with Crippen molar-refractivity contribution in [1.29, 1.82) is 0 Å². The molecule has 2 aromatic carbocycles. The molecular weight excluding hydrogens is 367 g/mol. The molecule has 3 rings (SSSR count). The molecular formula is C19H13ClF3NS. The van der Waals surface area contributed by atoms with Crippen molar-refractivity contribution < 1.29 is 13.2 Å². The van der Waals surface area contributed by atoms with Crippen LogP contribution in [0.3, 0.4) is 0 Å². The van der Waals surface area contributed by atoms with E-state index in [1.165, 1.54) is 0 Å². The number of hydrogen-bond acceptors (Lipinski definition) is 1. The second kappa shape index (κ2) is 7.02. The van der Waals surface area contributed by atoms with E-state index in [2.05, 4.69) is 0 Å². The zero-order valence-corrected chi connectivity index (χ0v) is 14.8. The van der Waals surface area contributed by atoms with Gasteiger partial charge in [-0.15, -0.1) is 0 Å². The highest BCUT2D eigenvalue weighted by Gasteiger charge is 2.21. The lowest BCUT2D eigenvalue weighted by atomic mass is 9.98. The fourth-order valence-electron chi connectivity index (χ4n) is 2.83. The minimum atomic E-state index is -0.992. The minimum Gasteiger partial charge on any atom is -0.332 e. The summed E-state index contributed by atoms with van der Waals surface area (Å²) in [6.45, 7) is 2.21. The average molecular weight is 380 g/mol. The Balaban J connectivity index is 2.46. The van der Waals surface area contributed by atoms with Crippen LogP contribution in [0.5, 0.6) is 0 Å². The van der Waals surface area contributed by atoms with Crippen LogP contribution in [0.25, 0.3) is 22.4 Å². The standard InChI is InChI=1S/C19H13ClF3NS/c1-2-24-17(25)8-7-13(12-5-3-4-6-14(12)20)19(24)18-15(22)9-11(21)10-16(18)23/h3-10H,2H2,1H3. The SMILES string of the molecule is CCn1c(-c2c(F)cc(F)cc2F)c(-c2ccccc2Cl)ccc1=S. The van der Waals surface area contributed by atoms with Crippen LogP contribution in [-0.4, -0.2) is 4.57 Å². The van der Waals surface area contributed by atoms with E-state index in [9.17, 15) is 13.2 Å². The van der Waals surface area contributed by atoms with Crippen LogP contribution < -0.4 is 0 Å². The maximum absolute atomic E-state index is 14.5. The largest absolute Gasteiger partial charge is 0.332 e. The zero-order chi connectivity index (χ0) is 18.1. The van der Waals surface area contributed by atoms with Crippen LogP contribution in [0, 0.1) is 22.1 Å². The molecule has 1 nitrogen and oxygen atoms in total. The van der Waals surface area contributed by atoms with Crippen molar-refractivity contribution >= 4 is 23.8 Å². The lowest BCUT2D eigenvalue weighted by molar-refractivity contribution is 0.545. The predicted molar refractivity (Wildman–Crippen MR) is 96.7 cm³/mol. The van der Waals surface area contributed by atoms with E-state index in [4.69, 9.17) is 23.8 Å². The van der Waals surface area contributed by atoms with E-state index in [0.717, 1.165) is 0 Å². The summed E-state index contributed by atoms with van der Waals surface area (Å²) in [6, 6.07) is 11.7. The quantitative estimate of drug-likeness (QED) is 0.461. The van der Waals surface area contributed by atoms with Gasteiger partial charge >= 0.3 is 0 Å². The number of nitrogens with zero attached hydrogens (tertiary/aromatic N) is 1. The summed E-state index contributed by atoms with van der Waals surface area (Å²) in [5, 5.41) is 0.437. The lowest BCUT2D eigenvalue weighted by Crippen LogP contribution is -2.07. The number of halogens is 4. The Bertz CT molecular complexity index is 991. The van der Waals surface area contributed by atoms with Crippen molar-refractivity contribution in [3.63, 3.8) is 0 Å². The maximum Gasteiger partial charge on any atom is 0.138 e. The lowest BCUT2D eigenvalue weighted by Gasteiger charge is -2.19. The van der Waals surface area contributed by atoms with Gasteiger partial charge in [-0.2, -0.15) is 0 Å². The first kappa shape index (κ1) is 17.7. The number of rotatable bonds is 3. The predicted octanol–water partition coefficient (Wildman–Crippen LogP) is 6.64. The van der Waals surface area contributed by atoms with Gasteiger partial charge in [-0.25, -0.2) is 13.2 Å². The van der Waals surface area contributed by atoms with Crippen molar-refractivity contribution in [1.82, 2.24) is 4.57 Å². The van der Waals surface area contributed by atoms with Gasteiger partial charge in [0.25, 0.3) is 0 Å². The molecule has 0 bridgehead atoms. The van der Waals surface area contributed by atoms with E-state index < -0.39 is 17.5 Å². The Morgan fingerprint density at radius 2 is 1.60 bits per heavy atom. The second-order valence-corrected chi connectivity index (χ2v) is 6.23. The molecule has 0 fully saturated rings. The van der Waals surface area contributed by atoms with Crippen LogP contribution in [0.4, 0.5) is 13.2 Å². The monoisotopic (exact) mass is 379 g/mol. The molecule has 3 aromatic rings. The van der Waals surface area contributed by atoms with Gasteiger partial charge in [-0.1, -0.05) is 42.0 Å². The summed E-state index contributed by atoms with van der Waals surface area (Å²) < 4.78 is 44.3. The fourth-order valence-corrected chi connectivity index (χ4v) is 3.35. The van der Waals surface area contributed by atoms with Gasteiger partial charge in [-0.05, 0) is 25.1 Å². The van der Waals surface area contributed by atoms with Crippen LogP contribution in [-0.2, 0) is 6.54 Å². The molecule has 6 heteroatoms. The molecule has 0 atom stereocenters. The molecule has 25 heavy (non-hydrogen) atoms. The van der Waals surface area contributed by atoms with E-state index >= 15 is 0 Å². The average Bonchev–Trinajstić information content (AvgIpc) is 2.55. The van der Waals surface area contributed by atoms with Crippen molar-refractivity contribution in [2.75, 3.05) is 0 Å². The van der Waals surface area contributed by atoms with Crippen LogP contribution >= 0.6 is 23.8 Å². The molecule has 0 unspecified atom stereocenters.